The Balaban J connectivity index is 0.877. The van der Waals surface area contributed by atoms with Crippen LogP contribution in [-0.4, -0.2) is 97.7 Å². The third kappa shape index (κ3) is 8.38. The number of nitrogens with one attached hydrogen (secondary N) is 1. The average molecular weight is 935 g/mol. The third-order valence-electron chi connectivity index (χ3n) is 15.3. The van der Waals surface area contributed by atoms with E-state index >= 15 is 8.78 Å². The number of aliphatic hydroxyl groups excluding tert-OH is 2. The van der Waals surface area contributed by atoms with Crippen molar-refractivity contribution >= 4 is 58.5 Å². The molecule has 0 radical (unpaired) electrons. The quantitative estimate of drug-likeness (QED) is 0.103. The summed E-state index contributed by atoms with van der Waals surface area (Å²) < 4.78 is 47.0. The summed E-state index contributed by atoms with van der Waals surface area (Å²) in [6.07, 6.45) is 3.87. The summed E-state index contributed by atoms with van der Waals surface area (Å²) in [5, 5.41) is 25.2. The van der Waals surface area contributed by atoms with Gasteiger partial charge in [0.1, 0.15) is 12.8 Å². The Labute approximate surface area is 387 Å². The number of benzene rings is 2. The molecule has 5 fully saturated rings. The van der Waals surface area contributed by atoms with Crippen molar-refractivity contribution < 1.29 is 52.4 Å². The second kappa shape index (κ2) is 18.7. The molecule has 2 aromatic rings. The Bertz CT molecular complexity index is 2280. The maximum Gasteiger partial charge on any atom is 0.242 e. The van der Waals surface area contributed by atoms with E-state index in [2.05, 4.69) is 19.2 Å². The van der Waals surface area contributed by atoms with Crippen molar-refractivity contribution in [3.05, 3.63) is 77.9 Å². The van der Waals surface area contributed by atoms with E-state index in [1.807, 2.05) is 42.5 Å². The van der Waals surface area contributed by atoms with E-state index in [1.54, 1.807) is 24.8 Å². The molecule has 12 atom stereocenters. The molecule has 6 aliphatic rings. The zero-order valence-electron chi connectivity index (χ0n) is 37.4. The number of Topliss-reactive ketones (excluding diaryl/α,β-unsaturated/α-hetero) is 1. The fourth-order valence-electron chi connectivity index (χ4n) is 12.0. The van der Waals surface area contributed by atoms with Crippen LogP contribution in [-0.2, 0) is 33.4 Å². The fraction of sp³-hybridized carbons (Fsp3) is 0.580. The lowest BCUT2D eigenvalue weighted by Crippen LogP contribution is -2.70. The number of halogens is 2. The van der Waals surface area contributed by atoms with Crippen molar-refractivity contribution in [3.8, 4) is 0 Å². The molecule has 4 aliphatic carbocycles. The molecular formula is C50H60F2N2O9S2. The highest BCUT2D eigenvalue weighted by molar-refractivity contribution is 8.01. The van der Waals surface area contributed by atoms with Crippen LogP contribution in [0.3, 0.4) is 0 Å². The number of hydrogen-bond acceptors (Lipinski definition) is 11. The largest absolute Gasteiger partial charge is 0.390 e. The van der Waals surface area contributed by atoms with Crippen LogP contribution >= 0.6 is 23.5 Å². The van der Waals surface area contributed by atoms with Gasteiger partial charge in [0.25, 0.3) is 0 Å². The molecule has 3 amide bonds. The van der Waals surface area contributed by atoms with Gasteiger partial charge in [-0.05, 0) is 99.4 Å². The normalized spacial score (nSPS) is 35.3. The standard InChI is InChI=1S/C50H60F2N2O9S2/c1-5-6-12-29(2)64-39-26-44(60)54(45(39)61)20-9-7-8-17-43(59)53-31-14-11-16-34(22-31)65-33-15-10-13-30(21-33)46-62-42-25-35-36-24-38(51)37-23-32(56)18-19-47(37,3)49(36,52)40(57)27-48(35,4)50(42,63-46)41(58)28-55/h10-11,13-16,18-19,21-23,29,35-36,38-40,42,46,55,57H,5-9,12,17,20,24-28H2,1-4H3,(H,53,59)/t29?,35?,36-,38-,39?,40-,42+,46+,47-,48-,49-,50+/m0/s1. The molecule has 350 valence electrons. The number of carbonyl (C=O) groups is 5. The Hall–Kier alpha value is -3.73. The molecule has 0 spiro atoms. The number of fused-ring (bicyclic) bond motifs is 7. The summed E-state index contributed by atoms with van der Waals surface area (Å²) in [6.45, 7) is 7.03. The highest BCUT2D eigenvalue weighted by Crippen LogP contribution is 2.72. The lowest BCUT2D eigenvalue weighted by atomic mass is 9.44. The summed E-state index contributed by atoms with van der Waals surface area (Å²) >= 11 is 3.05. The van der Waals surface area contributed by atoms with Crippen LogP contribution in [0.1, 0.15) is 110 Å². The number of rotatable bonds is 17. The van der Waals surface area contributed by atoms with Crippen molar-refractivity contribution in [1.82, 2.24) is 4.90 Å². The number of nitrogens with zero attached hydrogens (tertiary/aromatic N) is 1. The minimum absolute atomic E-state index is 0.0131. The molecule has 8 rings (SSSR count). The van der Waals surface area contributed by atoms with Gasteiger partial charge in [-0.2, -0.15) is 0 Å². The monoisotopic (exact) mass is 934 g/mol. The maximum absolute atomic E-state index is 17.8. The smallest absolute Gasteiger partial charge is 0.242 e. The number of carbonyl (C=O) groups excluding carboxylic acids is 5. The number of aliphatic hydroxyl groups is 2. The van der Waals surface area contributed by atoms with Gasteiger partial charge in [-0.15, -0.1) is 11.8 Å². The first-order chi connectivity index (χ1) is 31.0. The highest BCUT2D eigenvalue weighted by Gasteiger charge is 2.80. The van der Waals surface area contributed by atoms with Gasteiger partial charge in [-0.25, -0.2) is 8.78 Å². The minimum atomic E-state index is -2.34. The van der Waals surface area contributed by atoms with Crippen LogP contribution in [0.25, 0.3) is 0 Å². The first kappa shape index (κ1) is 47.8. The van der Waals surface area contributed by atoms with Crippen LogP contribution < -0.4 is 5.32 Å². The zero-order valence-corrected chi connectivity index (χ0v) is 39.1. The van der Waals surface area contributed by atoms with E-state index in [0.717, 1.165) is 35.1 Å². The average Bonchev–Trinajstić information content (AvgIpc) is 3.87. The van der Waals surface area contributed by atoms with Gasteiger partial charge in [0.2, 0.25) is 17.7 Å². The predicted molar refractivity (Wildman–Crippen MR) is 243 cm³/mol. The van der Waals surface area contributed by atoms with Gasteiger partial charge in [-0.3, -0.25) is 28.9 Å². The summed E-state index contributed by atoms with van der Waals surface area (Å²) in [5.41, 5.74) is -5.67. The maximum atomic E-state index is 17.8. The second-order valence-corrected chi connectivity index (χ2v) is 22.0. The van der Waals surface area contributed by atoms with Crippen molar-refractivity contribution in [2.75, 3.05) is 18.5 Å². The molecule has 0 aromatic heterocycles. The molecule has 3 saturated carbocycles. The van der Waals surface area contributed by atoms with Crippen LogP contribution in [0.15, 0.2) is 82.1 Å². The SMILES string of the molecule is CCCCC(C)SC1CC(=O)N(CCCCCC(=O)Nc2cccc(Sc3cccc([C@@H]4O[C@@H]5CC6[C@@H]7C[C@H](F)C8=CC(=O)C=C[C@]8(C)[C@@]7(F)[C@@H](O)C[C@]6(C)[C@]5(C(=O)CO)O4)c3)c2)C1=O. The summed E-state index contributed by atoms with van der Waals surface area (Å²) in [4.78, 5) is 67.7. The first-order valence-electron chi connectivity index (χ1n) is 23.1. The number of anilines is 1. The molecule has 2 heterocycles. The number of hydrogen-bond donors (Lipinski definition) is 3. The van der Waals surface area contributed by atoms with Gasteiger partial charge in [0, 0.05) is 62.4 Å². The topological polar surface area (TPSA) is 160 Å². The molecular weight excluding hydrogens is 875 g/mol. The van der Waals surface area contributed by atoms with Gasteiger partial charge < -0.3 is 25.0 Å². The lowest BCUT2D eigenvalue weighted by Gasteiger charge is -2.63. The van der Waals surface area contributed by atoms with Crippen LogP contribution in [0.2, 0.25) is 0 Å². The number of alkyl halides is 2. The lowest BCUT2D eigenvalue weighted by molar-refractivity contribution is -0.235. The molecule has 2 aliphatic heterocycles. The molecule has 3 unspecified atom stereocenters. The van der Waals surface area contributed by atoms with E-state index in [9.17, 15) is 34.2 Å². The second-order valence-electron chi connectivity index (χ2n) is 19.2. The highest BCUT2D eigenvalue weighted by atomic mass is 32.2. The number of unbranched alkanes of at least 4 members (excludes halogenated alkanes) is 3. The molecule has 65 heavy (non-hydrogen) atoms. The molecule has 0 bridgehead atoms. The predicted octanol–water partition coefficient (Wildman–Crippen LogP) is 8.42. The number of thioether (sulfide) groups is 1. The molecule has 15 heteroatoms. The van der Waals surface area contributed by atoms with Crippen LogP contribution in [0.5, 0.6) is 0 Å². The van der Waals surface area contributed by atoms with Gasteiger partial charge in [0.15, 0.2) is 29.1 Å². The van der Waals surface area contributed by atoms with E-state index in [0.29, 0.717) is 48.7 Å². The Morgan fingerprint density at radius 1 is 1.02 bits per heavy atom. The number of imide groups is 1. The van der Waals surface area contributed by atoms with E-state index < -0.39 is 76.8 Å². The number of ether oxygens (including phenoxy) is 2. The number of amides is 3. The van der Waals surface area contributed by atoms with E-state index in [-0.39, 0.29) is 54.2 Å². The summed E-state index contributed by atoms with van der Waals surface area (Å²) in [6, 6.07) is 14.8. The van der Waals surface area contributed by atoms with Crippen LogP contribution in [0, 0.1) is 22.7 Å². The van der Waals surface area contributed by atoms with Gasteiger partial charge in [-0.1, -0.05) is 76.1 Å². The number of allylic oxidation sites excluding steroid dienone is 4. The van der Waals surface area contributed by atoms with Crippen molar-refractivity contribution in [1.29, 1.82) is 0 Å². The molecule has 3 N–H and O–H groups in total. The van der Waals surface area contributed by atoms with Crippen molar-refractivity contribution in [2.24, 2.45) is 22.7 Å². The first-order valence-corrected chi connectivity index (χ1v) is 24.9. The fourth-order valence-corrected chi connectivity index (χ4v) is 14.3. The van der Waals surface area contributed by atoms with Crippen molar-refractivity contribution in [2.45, 2.75) is 155 Å². The Morgan fingerprint density at radius 2 is 1.77 bits per heavy atom. The van der Waals surface area contributed by atoms with E-state index in [1.165, 1.54) is 35.7 Å². The minimum Gasteiger partial charge on any atom is -0.390 e. The van der Waals surface area contributed by atoms with Gasteiger partial charge >= 0.3 is 0 Å². The third-order valence-corrected chi connectivity index (χ3v) is 17.6. The molecule has 11 nitrogen and oxygen atoms in total. The summed E-state index contributed by atoms with van der Waals surface area (Å²) in [7, 11) is 0. The number of ketones is 2. The molecule has 2 aromatic carbocycles. The zero-order chi connectivity index (χ0) is 46.5. The van der Waals surface area contributed by atoms with Crippen molar-refractivity contribution in [3.63, 3.8) is 0 Å². The van der Waals surface area contributed by atoms with E-state index in [4.69, 9.17) is 9.47 Å². The summed E-state index contributed by atoms with van der Waals surface area (Å²) in [5.74, 6) is -3.13. The van der Waals surface area contributed by atoms with Crippen LogP contribution in [0.4, 0.5) is 14.5 Å². The molecule has 2 saturated heterocycles. The Morgan fingerprint density at radius 3 is 2.52 bits per heavy atom. The Kier molecular flexibility index (Phi) is 13.8. The van der Waals surface area contributed by atoms with Gasteiger partial charge in [0.05, 0.1) is 17.5 Å². The number of likely N-dealkylation sites (tertiary alicyclic amines) is 1.